The van der Waals surface area contributed by atoms with Gasteiger partial charge in [0.25, 0.3) is 5.22 Å². The molecule has 0 spiro atoms. The van der Waals surface area contributed by atoms with Crippen molar-refractivity contribution < 1.29 is 18.4 Å². The van der Waals surface area contributed by atoms with E-state index in [1.54, 1.807) is 19.1 Å². The van der Waals surface area contributed by atoms with Crippen LogP contribution in [0.25, 0.3) is 11.5 Å². The highest BCUT2D eigenvalue weighted by atomic mass is 32.2. The van der Waals surface area contributed by atoms with Crippen LogP contribution in [0.2, 0.25) is 0 Å². The number of benzene rings is 1. The maximum Gasteiger partial charge on any atom is 0.277 e. The number of ether oxygens (including phenoxy) is 1. The minimum atomic E-state index is -0.0479. The smallest absolute Gasteiger partial charge is 0.277 e. The molecule has 1 aromatic carbocycles. The summed E-state index contributed by atoms with van der Waals surface area (Å²) < 4.78 is 16.2. The minimum absolute atomic E-state index is 0.0479. The van der Waals surface area contributed by atoms with Crippen molar-refractivity contribution in [3.05, 3.63) is 47.9 Å². The molecule has 26 heavy (non-hydrogen) atoms. The third-order valence-corrected chi connectivity index (χ3v) is 4.48. The lowest BCUT2D eigenvalue weighted by atomic mass is 10.2. The number of amides is 1. The SMILES string of the molecule is COc1ccc(-c2nnc(SCC(=O)N(C)Cc3ccc(C)o3)o2)cc1. The summed E-state index contributed by atoms with van der Waals surface area (Å²) in [5.41, 5.74) is 0.793. The molecule has 0 aliphatic heterocycles. The van der Waals surface area contributed by atoms with Crippen LogP contribution in [0.3, 0.4) is 0 Å². The van der Waals surface area contributed by atoms with Gasteiger partial charge in [-0.25, -0.2) is 0 Å². The van der Waals surface area contributed by atoms with E-state index in [0.29, 0.717) is 17.7 Å². The fourth-order valence-electron chi connectivity index (χ4n) is 2.24. The normalized spacial score (nSPS) is 10.7. The number of carbonyl (C=O) groups is 1. The first-order valence-electron chi connectivity index (χ1n) is 7.95. The standard InChI is InChI=1S/C18H19N3O4S/c1-12-4-7-15(24-12)10-21(2)16(22)11-26-18-20-19-17(25-18)13-5-8-14(23-3)9-6-13/h4-9H,10-11H2,1-3H3. The second kappa shape index (κ2) is 8.09. The molecular weight excluding hydrogens is 354 g/mol. The zero-order valence-electron chi connectivity index (χ0n) is 14.8. The van der Waals surface area contributed by atoms with Crippen molar-refractivity contribution in [3.8, 4) is 17.2 Å². The van der Waals surface area contributed by atoms with E-state index in [1.807, 2.05) is 43.3 Å². The van der Waals surface area contributed by atoms with Crippen molar-refractivity contribution in [3.63, 3.8) is 0 Å². The second-order valence-corrected chi connectivity index (χ2v) is 6.58. The molecular formula is C18H19N3O4S. The molecule has 1 amide bonds. The Bertz CT molecular complexity index is 873. The molecule has 0 N–H and O–H groups in total. The lowest BCUT2D eigenvalue weighted by Crippen LogP contribution is -2.27. The van der Waals surface area contributed by atoms with Crippen molar-refractivity contribution >= 4 is 17.7 Å². The monoisotopic (exact) mass is 373 g/mol. The maximum absolute atomic E-state index is 12.2. The first-order chi connectivity index (χ1) is 12.5. The largest absolute Gasteiger partial charge is 0.497 e. The van der Waals surface area contributed by atoms with E-state index in [0.717, 1.165) is 22.8 Å². The third kappa shape index (κ3) is 4.45. The highest BCUT2D eigenvalue weighted by Crippen LogP contribution is 2.25. The van der Waals surface area contributed by atoms with Gasteiger partial charge in [-0.15, -0.1) is 10.2 Å². The number of rotatable bonds is 7. The fraction of sp³-hybridized carbons (Fsp3) is 0.278. The Morgan fingerprint density at radius 2 is 1.92 bits per heavy atom. The predicted octanol–water partition coefficient (Wildman–Crippen LogP) is 3.40. The highest BCUT2D eigenvalue weighted by Gasteiger charge is 2.15. The van der Waals surface area contributed by atoms with Crippen molar-refractivity contribution in [1.29, 1.82) is 0 Å². The van der Waals surface area contributed by atoms with Crippen LogP contribution >= 0.6 is 11.8 Å². The molecule has 0 unspecified atom stereocenters. The lowest BCUT2D eigenvalue weighted by molar-refractivity contribution is -0.127. The van der Waals surface area contributed by atoms with Crippen molar-refractivity contribution in [1.82, 2.24) is 15.1 Å². The average molecular weight is 373 g/mol. The summed E-state index contributed by atoms with van der Waals surface area (Å²) in [4.78, 5) is 13.8. The lowest BCUT2D eigenvalue weighted by Gasteiger charge is -2.14. The summed E-state index contributed by atoms with van der Waals surface area (Å²) in [6.07, 6.45) is 0. The second-order valence-electron chi connectivity index (χ2n) is 5.65. The molecule has 0 atom stereocenters. The molecule has 2 aromatic heterocycles. The van der Waals surface area contributed by atoms with Gasteiger partial charge in [0.05, 0.1) is 19.4 Å². The first-order valence-corrected chi connectivity index (χ1v) is 8.93. The van der Waals surface area contributed by atoms with E-state index in [4.69, 9.17) is 13.6 Å². The van der Waals surface area contributed by atoms with Gasteiger partial charge < -0.3 is 18.5 Å². The van der Waals surface area contributed by atoms with Crippen molar-refractivity contribution in [2.45, 2.75) is 18.7 Å². The Labute approximate surface area is 155 Å². The molecule has 7 nitrogen and oxygen atoms in total. The minimum Gasteiger partial charge on any atom is -0.497 e. The van der Waals surface area contributed by atoms with Crippen LogP contribution in [0.5, 0.6) is 5.75 Å². The van der Waals surface area contributed by atoms with Crippen LogP contribution < -0.4 is 4.74 Å². The number of furan rings is 1. The number of thioether (sulfide) groups is 1. The van der Waals surface area contributed by atoms with E-state index >= 15 is 0 Å². The Morgan fingerprint density at radius 1 is 1.15 bits per heavy atom. The van der Waals surface area contributed by atoms with Gasteiger partial charge in [-0.1, -0.05) is 11.8 Å². The van der Waals surface area contributed by atoms with E-state index in [1.165, 1.54) is 11.8 Å². The molecule has 0 radical (unpaired) electrons. The van der Waals surface area contributed by atoms with Gasteiger partial charge in [-0.05, 0) is 43.3 Å². The van der Waals surface area contributed by atoms with Gasteiger partial charge >= 0.3 is 0 Å². The van der Waals surface area contributed by atoms with E-state index in [2.05, 4.69) is 10.2 Å². The highest BCUT2D eigenvalue weighted by molar-refractivity contribution is 7.99. The fourth-order valence-corrected chi connectivity index (χ4v) is 2.95. The van der Waals surface area contributed by atoms with Gasteiger partial charge in [-0.3, -0.25) is 4.79 Å². The van der Waals surface area contributed by atoms with E-state index < -0.39 is 0 Å². The van der Waals surface area contributed by atoms with Gasteiger partial charge in [0.2, 0.25) is 11.8 Å². The quantitative estimate of drug-likeness (QED) is 0.587. The molecule has 0 fully saturated rings. The number of aromatic nitrogens is 2. The summed E-state index contributed by atoms with van der Waals surface area (Å²) in [6, 6.07) is 11.1. The molecule has 0 saturated carbocycles. The summed E-state index contributed by atoms with van der Waals surface area (Å²) in [5, 5.41) is 8.35. The Morgan fingerprint density at radius 3 is 2.58 bits per heavy atom. The van der Waals surface area contributed by atoms with Gasteiger partial charge in [-0.2, -0.15) is 0 Å². The van der Waals surface area contributed by atoms with Gasteiger partial charge in [0.1, 0.15) is 17.3 Å². The van der Waals surface area contributed by atoms with Crippen LogP contribution in [0.15, 0.2) is 50.5 Å². The van der Waals surface area contributed by atoms with Gasteiger partial charge in [0.15, 0.2) is 0 Å². The van der Waals surface area contributed by atoms with E-state index in [-0.39, 0.29) is 11.7 Å². The Balaban J connectivity index is 1.54. The van der Waals surface area contributed by atoms with Crippen LogP contribution in [0.4, 0.5) is 0 Å². The van der Waals surface area contributed by atoms with Crippen molar-refractivity contribution in [2.24, 2.45) is 0 Å². The molecule has 3 rings (SSSR count). The molecule has 136 valence electrons. The van der Waals surface area contributed by atoms with Crippen LogP contribution in [0.1, 0.15) is 11.5 Å². The van der Waals surface area contributed by atoms with Crippen LogP contribution in [0, 0.1) is 6.92 Å². The number of carbonyl (C=O) groups excluding carboxylic acids is 1. The molecule has 0 saturated heterocycles. The number of nitrogens with zero attached hydrogens (tertiary/aromatic N) is 3. The zero-order valence-corrected chi connectivity index (χ0v) is 15.6. The van der Waals surface area contributed by atoms with Crippen LogP contribution in [-0.4, -0.2) is 40.9 Å². The molecule has 0 aliphatic carbocycles. The van der Waals surface area contributed by atoms with Crippen LogP contribution in [-0.2, 0) is 11.3 Å². The molecule has 8 heteroatoms. The molecule has 0 aliphatic rings. The number of hydrogen-bond acceptors (Lipinski definition) is 7. The number of hydrogen-bond donors (Lipinski definition) is 0. The summed E-state index contributed by atoms with van der Waals surface area (Å²) in [6.45, 7) is 2.30. The topological polar surface area (TPSA) is 81.6 Å². The molecule has 2 heterocycles. The number of aryl methyl sites for hydroxylation is 1. The van der Waals surface area contributed by atoms with E-state index in [9.17, 15) is 4.79 Å². The summed E-state index contributed by atoms with van der Waals surface area (Å²) in [5.74, 6) is 2.90. The Kier molecular flexibility index (Phi) is 5.62. The maximum atomic E-state index is 12.2. The average Bonchev–Trinajstić information content (AvgIpc) is 3.28. The van der Waals surface area contributed by atoms with Crippen molar-refractivity contribution in [2.75, 3.05) is 19.9 Å². The number of methoxy groups -OCH3 is 1. The summed E-state index contributed by atoms with van der Waals surface area (Å²) >= 11 is 1.21. The third-order valence-electron chi connectivity index (χ3n) is 3.68. The summed E-state index contributed by atoms with van der Waals surface area (Å²) in [7, 11) is 3.34. The molecule has 3 aromatic rings. The predicted molar refractivity (Wildman–Crippen MR) is 96.9 cm³/mol. The Hall–Kier alpha value is -2.74. The van der Waals surface area contributed by atoms with Gasteiger partial charge in [0, 0.05) is 12.6 Å². The zero-order chi connectivity index (χ0) is 18.5. The first kappa shape index (κ1) is 18.1. The molecule has 0 bridgehead atoms.